The summed E-state index contributed by atoms with van der Waals surface area (Å²) in [5.74, 6) is 0.308. The quantitative estimate of drug-likeness (QED) is 0.608. The first-order valence-corrected chi connectivity index (χ1v) is 11.1. The molecule has 5 nitrogen and oxygen atoms in total. The maximum atomic E-state index is 12.3. The van der Waals surface area contributed by atoms with E-state index in [-0.39, 0.29) is 17.9 Å². The molecule has 0 unspecified atom stereocenters. The number of piperidine rings is 1. The number of hydrogen-bond donors (Lipinski definition) is 1. The van der Waals surface area contributed by atoms with E-state index < -0.39 is 0 Å². The third kappa shape index (κ3) is 4.20. The Labute approximate surface area is 183 Å². The van der Waals surface area contributed by atoms with E-state index >= 15 is 0 Å². The van der Waals surface area contributed by atoms with Crippen molar-refractivity contribution in [2.75, 3.05) is 13.1 Å². The van der Waals surface area contributed by atoms with Gasteiger partial charge in [0.05, 0.1) is 17.7 Å². The molecule has 1 aliphatic rings. The molecule has 1 amide bonds. The van der Waals surface area contributed by atoms with Crippen molar-refractivity contribution >= 4 is 29.2 Å². The molecule has 1 saturated heterocycles. The molecule has 2 heterocycles. The van der Waals surface area contributed by atoms with E-state index in [4.69, 9.17) is 12.2 Å². The fraction of sp³-hybridized carbons (Fsp3) is 0.417. The monoisotopic (exact) mass is 422 g/mol. The fourth-order valence-corrected chi connectivity index (χ4v) is 4.59. The average Bonchev–Trinajstić information content (AvgIpc) is 3.00. The Hall–Kier alpha value is -2.44. The molecule has 158 valence electrons. The van der Waals surface area contributed by atoms with Gasteiger partial charge in [-0.25, -0.2) is 0 Å². The van der Waals surface area contributed by atoms with E-state index in [1.165, 1.54) is 5.56 Å². The maximum Gasteiger partial charge on any atom is 0.223 e. The number of fused-ring (bicyclic) bond motifs is 1. The van der Waals surface area contributed by atoms with Crippen LogP contribution in [0, 0.1) is 17.6 Å². The molecule has 0 spiro atoms. The summed E-state index contributed by atoms with van der Waals surface area (Å²) < 4.78 is 5.19. The highest BCUT2D eigenvalue weighted by Gasteiger charge is 2.26. The van der Waals surface area contributed by atoms with E-state index in [2.05, 4.69) is 74.8 Å². The predicted octanol–water partition coefficient (Wildman–Crippen LogP) is 4.66. The number of carbonyl (C=O) groups excluding carboxylic acids is 1. The van der Waals surface area contributed by atoms with Crippen LogP contribution in [0.1, 0.15) is 32.3 Å². The zero-order valence-electron chi connectivity index (χ0n) is 18.0. The molecule has 1 aromatic heterocycles. The number of amides is 1. The number of hydrogen-bond acceptors (Lipinski definition) is 3. The summed E-state index contributed by atoms with van der Waals surface area (Å²) in [6.45, 7) is 8.68. The summed E-state index contributed by atoms with van der Waals surface area (Å²) in [4.78, 5) is 14.7. The van der Waals surface area contributed by atoms with E-state index in [0.29, 0.717) is 0 Å². The number of benzene rings is 2. The summed E-state index contributed by atoms with van der Waals surface area (Å²) in [5, 5.41) is 3.05. The van der Waals surface area contributed by atoms with Crippen LogP contribution in [-0.2, 0) is 11.5 Å². The third-order valence-corrected chi connectivity index (χ3v) is 6.26. The number of aromatic nitrogens is 2. The Morgan fingerprint density at radius 3 is 2.33 bits per heavy atom. The van der Waals surface area contributed by atoms with Gasteiger partial charge in [0.1, 0.15) is 0 Å². The number of aryl methyl sites for hydroxylation is 1. The first kappa shape index (κ1) is 20.8. The van der Waals surface area contributed by atoms with E-state index in [1.807, 2.05) is 13.8 Å². The minimum absolute atomic E-state index is 0.116. The Morgan fingerprint density at radius 2 is 1.70 bits per heavy atom. The summed E-state index contributed by atoms with van der Waals surface area (Å²) in [5.41, 5.74) is 4.59. The van der Waals surface area contributed by atoms with Crippen LogP contribution in [0.25, 0.3) is 16.7 Å². The van der Waals surface area contributed by atoms with Crippen molar-refractivity contribution < 1.29 is 4.79 Å². The van der Waals surface area contributed by atoms with Gasteiger partial charge in [-0.05, 0) is 70.1 Å². The molecular weight excluding hydrogens is 392 g/mol. The van der Waals surface area contributed by atoms with Crippen LogP contribution in [0.5, 0.6) is 0 Å². The Balaban J connectivity index is 1.57. The second-order valence-electron chi connectivity index (χ2n) is 8.57. The van der Waals surface area contributed by atoms with Gasteiger partial charge in [0.2, 0.25) is 5.91 Å². The molecule has 1 fully saturated rings. The van der Waals surface area contributed by atoms with Crippen molar-refractivity contribution in [2.24, 2.45) is 5.92 Å². The minimum atomic E-state index is 0.116. The van der Waals surface area contributed by atoms with Gasteiger partial charge in [0.15, 0.2) is 4.77 Å². The first-order chi connectivity index (χ1) is 14.4. The molecule has 0 atom stereocenters. The van der Waals surface area contributed by atoms with Gasteiger partial charge in [-0.1, -0.05) is 29.8 Å². The minimum Gasteiger partial charge on any atom is -0.354 e. The van der Waals surface area contributed by atoms with Gasteiger partial charge < -0.3 is 9.88 Å². The van der Waals surface area contributed by atoms with E-state index in [1.54, 1.807) is 0 Å². The van der Waals surface area contributed by atoms with Gasteiger partial charge in [-0.2, -0.15) is 0 Å². The zero-order chi connectivity index (χ0) is 21.3. The topological polar surface area (TPSA) is 42.2 Å². The van der Waals surface area contributed by atoms with Crippen LogP contribution < -0.4 is 5.32 Å². The van der Waals surface area contributed by atoms with Gasteiger partial charge in [-0.15, -0.1) is 0 Å². The zero-order valence-corrected chi connectivity index (χ0v) is 18.8. The summed E-state index contributed by atoms with van der Waals surface area (Å²) in [6.07, 6.45) is 1.78. The van der Waals surface area contributed by atoms with Crippen molar-refractivity contribution in [3.63, 3.8) is 0 Å². The van der Waals surface area contributed by atoms with Crippen LogP contribution in [-0.4, -0.2) is 39.1 Å². The van der Waals surface area contributed by atoms with Crippen molar-refractivity contribution in [1.29, 1.82) is 0 Å². The van der Waals surface area contributed by atoms with Crippen LogP contribution in [0.2, 0.25) is 0 Å². The van der Waals surface area contributed by atoms with Crippen LogP contribution in [0.4, 0.5) is 0 Å². The number of carbonyl (C=O) groups is 1. The van der Waals surface area contributed by atoms with Crippen molar-refractivity contribution in [1.82, 2.24) is 19.4 Å². The second kappa shape index (κ2) is 8.74. The number of imidazole rings is 1. The highest BCUT2D eigenvalue weighted by molar-refractivity contribution is 7.71. The molecule has 2 aromatic carbocycles. The third-order valence-electron chi connectivity index (χ3n) is 5.86. The molecular formula is C24H30N4OS. The summed E-state index contributed by atoms with van der Waals surface area (Å²) >= 11 is 5.92. The Morgan fingerprint density at radius 1 is 1.07 bits per heavy atom. The van der Waals surface area contributed by atoms with E-state index in [9.17, 15) is 4.79 Å². The lowest BCUT2D eigenvalue weighted by Gasteiger charge is -2.31. The average molecular weight is 423 g/mol. The summed E-state index contributed by atoms with van der Waals surface area (Å²) in [7, 11) is 0. The van der Waals surface area contributed by atoms with Crippen LogP contribution in [0.3, 0.4) is 0 Å². The largest absolute Gasteiger partial charge is 0.354 e. The lowest BCUT2D eigenvalue weighted by molar-refractivity contribution is -0.127. The van der Waals surface area contributed by atoms with E-state index in [0.717, 1.165) is 54.1 Å². The molecule has 0 radical (unpaired) electrons. The highest BCUT2D eigenvalue weighted by atomic mass is 32.1. The lowest BCUT2D eigenvalue weighted by Crippen LogP contribution is -2.42. The molecule has 3 aromatic rings. The summed E-state index contributed by atoms with van der Waals surface area (Å²) in [6, 6.07) is 17.1. The Kier molecular flexibility index (Phi) is 6.06. The van der Waals surface area contributed by atoms with Crippen LogP contribution in [0.15, 0.2) is 48.5 Å². The highest BCUT2D eigenvalue weighted by Crippen LogP contribution is 2.25. The molecule has 1 aliphatic heterocycles. The van der Waals surface area contributed by atoms with Crippen LogP contribution >= 0.6 is 12.2 Å². The molecule has 0 saturated carbocycles. The lowest BCUT2D eigenvalue weighted by atomic mass is 9.96. The molecule has 4 rings (SSSR count). The Bertz CT molecular complexity index is 1090. The number of para-hydroxylation sites is 2. The van der Waals surface area contributed by atoms with Crippen molar-refractivity contribution in [2.45, 2.75) is 46.3 Å². The molecule has 0 aliphatic carbocycles. The molecule has 6 heteroatoms. The van der Waals surface area contributed by atoms with Gasteiger partial charge >= 0.3 is 0 Å². The number of rotatable bonds is 5. The maximum absolute atomic E-state index is 12.3. The normalized spacial score (nSPS) is 15.7. The number of nitrogens with zero attached hydrogens (tertiary/aromatic N) is 3. The van der Waals surface area contributed by atoms with Gasteiger partial charge in [-0.3, -0.25) is 14.3 Å². The first-order valence-electron chi connectivity index (χ1n) is 10.7. The fourth-order valence-electron chi connectivity index (χ4n) is 4.23. The van der Waals surface area contributed by atoms with Crippen molar-refractivity contribution in [3.8, 4) is 5.69 Å². The second-order valence-corrected chi connectivity index (χ2v) is 8.93. The molecule has 0 bridgehead atoms. The molecule has 1 N–H and O–H groups in total. The SMILES string of the molecule is Cc1ccc(-n2c(=S)n(CN3CCC(C(=O)NC(C)C)CC3)c3ccccc32)cc1. The van der Waals surface area contributed by atoms with Gasteiger partial charge in [0.25, 0.3) is 0 Å². The molecule has 30 heavy (non-hydrogen) atoms. The van der Waals surface area contributed by atoms with Crippen molar-refractivity contribution in [3.05, 3.63) is 58.9 Å². The smallest absolute Gasteiger partial charge is 0.223 e. The van der Waals surface area contributed by atoms with Gasteiger partial charge in [0, 0.05) is 30.7 Å². The standard InChI is InChI=1S/C24H30N4OS/c1-17(2)25-23(29)19-12-14-26(15-13-19)16-27-21-6-4-5-7-22(21)28(24(27)30)20-10-8-18(3)9-11-20/h4-11,17,19H,12-16H2,1-3H3,(H,25,29). The predicted molar refractivity (Wildman–Crippen MR) is 124 cm³/mol. The number of likely N-dealkylation sites (tertiary alicyclic amines) is 1. The number of nitrogens with one attached hydrogen (secondary N) is 1.